The topological polar surface area (TPSA) is 150 Å². The van der Waals surface area contributed by atoms with Crippen molar-refractivity contribution in [2.24, 2.45) is 0 Å². The minimum absolute atomic E-state index is 0.0302. The number of rotatable bonds is 11. The summed E-state index contributed by atoms with van der Waals surface area (Å²) in [6.45, 7) is 1.31. The van der Waals surface area contributed by atoms with Crippen LogP contribution in [0, 0.1) is 23.0 Å². The number of fused-ring (bicyclic) bond motifs is 1. The molecule has 3 N–H and O–H groups in total. The number of ether oxygens (including phenoxy) is 1. The van der Waals surface area contributed by atoms with Crippen LogP contribution in [-0.2, 0) is 16.4 Å². The lowest BCUT2D eigenvalue weighted by Gasteiger charge is -2.32. The summed E-state index contributed by atoms with van der Waals surface area (Å²) >= 11 is 6.65. The Bertz CT molecular complexity index is 2220. The van der Waals surface area contributed by atoms with E-state index in [9.17, 15) is 27.3 Å². The van der Waals surface area contributed by atoms with Crippen LogP contribution in [0.3, 0.4) is 0 Å². The maximum atomic E-state index is 14.0. The van der Waals surface area contributed by atoms with E-state index in [1.165, 1.54) is 23.4 Å². The van der Waals surface area contributed by atoms with Gasteiger partial charge in [0.25, 0.3) is 0 Å². The van der Waals surface area contributed by atoms with Crippen LogP contribution in [0.5, 0.6) is 5.75 Å². The average molecular weight is 735 g/mol. The third-order valence-electron chi connectivity index (χ3n) is 8.30. The van der Waals surface area contributed by atoms with E-state index < -0.39 is 33.2 Å². The molecule has 264 valence electrons. The summed E-state index contributed by atoms with van der Waals surface area (Å²) in [5, 5.41) is 19.6. The highest BCUT2D eigenvalue weighted by atomic mass is 35.5. The molecule has 3 aromatic carbocycles. The molecule has 5 aromatic rings. The van der Waals surface area contributed by atoms with Gasteiger partial charge in [0.05, 0.1) is 34.1 Å². The van der Waals surface area contributed by atoms with E-state index in [4.69, 9.17) is 20.8 Å². The fourth-order valence-corrected chi connectivity index (χ4v) is 6.38. The molecule has 1 aliphatic rings. The number of aromatic nitrogens is 1. The number of pyridine rings is 1. The number of carbonyl (C=O) groups is 1. The van der Waals surface area contributed by atoms with Crippen molar-refractivity contribution in [3.8, 4) is 23.1 Å². The highest BCUT2D eigenvalue weighted by molar-refractivity contribution is 7.90. The molecule has 0 bridgehead atoms. The summed E-state index contributed by atoms with van der Waals surface area (Å²) < 4.78 is 62.9. The lowest BCUT2D eigenvalue weighted by Crippen LogP contribution is -2.44. The largest absolute Gasteiger partial charge is 0.489 e. The van der Waals surface area contributed by atoms with Gasteiger partial charge in [-0.15, -0.1) is 0 Å². The minimum Gasteiger partial charge on any atom is -0.489 e. The fraction of sp³-hybridized carbons (Fsp3) is 0.250. The number of amides is 2. The summed E-state index contributed by atoms with van der Waals surface area (Å²) in [5.74, 6) is 0.0193. The van der Waals surface area contributed by atoms with Crippen molar-refractivity contribution in [1.29, 1.82) is 5.26 Å². The lowest BCUT2D eigenvalue weighted by atomic mass is 10.0. The third kappa shape index (κ3) is 8.75. The second-order valence-corrected chi connectivity index (χ2v) is 14.7. The number of hydrogen-bond acceptors (Lipinski definition) is 9. The molecule has 2 aromatic heterocycles. The number of nitrogens with one attached hydrogen (secondary N) is 3. The maximum absolute atomic E-state index is 14.0. The molecule has 0 unspecified atom stereocenters. The molecule has 0 atom stereocenters. The Morgan fingerprint density at radius 1 is 1.08 bits per heavy atom. The van der Waals surface area contributed by atoms with Gasteiger partial charge in [0.2, 0.25) is 0 Å². The molecule has 2 amide bonds. The standard InChI is InChI=1S/C36H33ClF2N6O5S/c1-51(47,48)16-13-41-21-26-7-10-32(50-26)22-5-8-31-27(17-22)34(23(19-40)20-42-31)43-24-6-9-33(28(37)18-24)49-25-11-14-45(15-12-25)36(46)44-35-29(38)3-2-4-30(35)39/h2-10,17-18,20,25,41H,11-16,21H2,1H3,(H,42,43)(H,44,46). The van der Waals surface area contributed by atoms with Crippen LogP contribution < -0.4 is 20.7 Å². The van der Waals surface area contributed by atoms with Crippen molar-refractivity contribution in [1.82, 2.24) is 15.2 Å². The normalized spacial score (nSPS) is 13.6. The first-order valence-electron chi connectivity index (χ1n) is 16.0. The van der Waals surface area contributed by atoms with Crippen molar-refractivity contribution in [2.75, 3.05) is 42.3 Å². The first-order valence-corrected chi connectivity index (χ1v) is 18.4. The van der Waals surface area contributed by atoms with E-state index in [1.807, 2.05) is 30.3 Å². The smallest absolute Gasteiger partial charge is 0.322 e. The van der Waals surface area contributed by atoms with E-state index >= 15 is 0 Å². The highest BCUT2D eigenvalue weighted by Crippen LogP contribution is 2.36. The van der Waals surface area contributed by atoms with Crippen molar-refractivity contribution < 1.29 is 31.1 Å². The Morgan fingerprint density at radius 3 is 2.55 bits per heavy atom. The number of hydrogen-bond donors (Lipinski definition) is 3. The molecule has 15 heteroatoms. The summed E-state index contributed by atoms with van der Waals surface area (Å²) in [7, 11) is -3.07. The van der Waals surface area contributed by atoms with Crippen molar-refractivity contribution in [3.05, 3.63) is 101 Å². The Hall–Kier alpha value is -5.23. The number of para-hydroxylation sites is 1. The van der Waals surface area contributed by atoms with Gasteiger partial charge in [-0.25, -0.2) is 22.0 Å². The molecule has 6 rings (SSSR count). The maximum Gasteiger partial charge on any atom is 0.322 e. The number of piperidine rings is 1. The first kappa shape index (κ1) is 35.6. The number of benzene rings is 3. The number of nitriles is 1. The first-order chi connectivity index (χ1) is 24.5. The van der Waals surface area contributed by atoms with E-state index in [-0.39, 0.29) is 11.9 Å². The molecule has 3 heterocycles. The van der Waals surface area contributed by atoms with Crippen LogP contribution in [0.4, 0.5) is 30.6 Å². The Balaban J connectivity index is 1.11. The third-order valence-corrected chi connectivity index (χ3v) is 9.54. The number of nitrogens with zero attached hydrogens (tertiary/aromatic N) is 3. The second kappa shape index (κ2) is 15.3. The fourth-order valence-electron chi connectivity index (χ4n) is 5.64. The Kier molecular flexibility index (Phi) is 10.7. The predicted molar refractivity (Wildman–Crippen MR) is 191 cm³/mol. The van der Waals surface area contributed by atoms with Gasteiger partial charge in [-0.3, -0.25) is 4.98 Å². The number of furan rings is 1. The van der Waals surface area contributed by atoms with Gasteiger partial charge >= 0.3 is 6.03 Å². The molecule has 0 spiro atoms. The zero-order valence-corrected chi connectivity index (χ0v) is 29.0. The molecule has 0 radical (unpaired) electrons. The van der Waals surface area contributed by atoms with E-state index in [0.29, 0.717) is 89.2 Å². The van der Waals surface area contributed by atoms with Gasteiger partial charge < -0.3 is 30.0 Å². The van der Waals surface area contributed by atoms with Crippen LogP contribution in [0.1, 0.15) is 24.2 Å². The predicted octanol–water partition coefficient (Wildman–Crippen LogP) is 7.25. The Morgan fingerprint density at radius 2 is 1.84 bits per heavy atom. The average Bonchev–Trinajstić information content (AvgIpc) is 3.58. The van der Waals surface area contributed by atoms with Crippen LogP contribution in [-0.4, -0.2) is 62.1 Å². The van der Waals surface area contributed by atoms with Gasteiger partial charge in [0, 0.05) is 61.6 Å². The van der Waals surface area contributed by atoms with E-state index in [2.05, 4.69) is 27.0 Å². The number of likely N-dealkylation sites (tertiary alicyclic amines) is 1. The van der Waals surface area contributed by atoms with Crippen LogP contribution >= 0.6 is 11.6 Å². The second-order valence-electron chi connectivity index (χ2n) is 12.1. The zero-order chi connectivity index (χ0) is 36.1. The zero-order valence-electron chi connectivity index (χ0n) is 27.4. The molecule has 1 aliphatic heterocycles. The van der Waals surface area contributed by atoms with Crippen molar-refractivity contribution >= 4 is 55.4 Å². The summed E-state index contributed by atoms with van der Waals surface area (Å²) in [4.78, 5) is 18.6. The monoisotopic (exact) mass is 734 g/mol. The molecule has 1 saturated heterocycles. The lowest BCUT2D eigenvalue weighted by molar-refractivity contribution is 0.115. The van der Waals surface area contributed by atoms with Crippen molar-refractivity contribution in [3.63, 3.8) is 0 Å². The number of carbonyl (C=O) groups excluding carboxylic acids is 1. The number of sulfone groups is 1. The molecular weight excluding hydrogens is 702 g/mol. The molecule has 0 aliphatic carbocycles. The molecular formula is C36H33ClF2N6O5S. The van der Waals surface area contributed by atoms with Gasteiger partial charge in [-0.1, -0.05) is 17.7 Å². The van der Waals surface area contributed by atoms with Crippen LogP contribution in [0.2, 0.25) is 5.02 Å². The minimum atomic E-state index is -3.07. The summed E-state index contributed by atoms with van der Waals surface area (Å²) in [6, 6.07) is 19.4. The molecule has 11 nitrogen and oxygen atoms in total. The quantitative estimate of drug-likeness (QED) is 0.119. The number of urea groups is 1. The number of halogens is 3. The molecule has 0 saturated carbocycles. The van der Waals surface area contributed by atoms with E-state index in [1.54, 1.807) is 18.2 Å². The van der Waals surface area contributed by atoms with Gasteiger partial charge in [0.15, 0.2) is 0 Å². The van der Waals surface area contributed by atoms with Gasteiger partial charge in [0.1, 0.15) is 56.6 Å². The SMILES string of the molecule is CS(=O)(=O)CCNCc1ccc(-c2ccc3ncc(C#N)c(Nc4ccc(OC5CCN(C(=O)Nc6c(F)cccc6F)CC5)c(Cl)c4)c3c2)o1. The van der Waals surface area contributed by atoms with Crippen molar-refractivity contribution in [2.45, 2.75) is 25.5 Å². The molecule has 1 fully saturated rings. The van der Waals surface area contributed by atoms with Gasteiger partial charge in [-0.2, -0.15) is 5.26 Å². The highest BCUT2D eigenvalue weighted by Gasteiger charge is 2.26. The van der Waals surface area contributed by atoms with Crippen LogP contribution in [0.25, 0.3) is 22.2 Å². The van der Waals surface area contributed by atoms with Gasteiger partial charge in [-0.05, 0) is 60.7 Å². The molecule has 51 heavy (non-hydrogen) atoms. The number of anilines is 3. The summed E-state index contributed by atoms with van der Waals surface area (Å²) in [6.07, 6.45) is 3.41. The Labute approximate surface area is 298 Å². The van der Waals surface area contributed by atoms with Crippen LogP contribution in [0.15, 0.2) is 77.3 Å². The summed E-state index contributed by atoms with van der Waals surface area (Å²) in [5.41, 5.74) is 2.39. The van der Waals surface area contributed by atoms with E-state index in [0.717, 1.165) is 17.7 Å².